The average Bonchev–Trinajstić information content (AvgIpc) is 2.97. The van der Waals surface area contributed by atoms with Crippen LogP contribution in [0.2, 0.25) is 0 Å². The van der Waals surface area contributed by atoms with Crippen molar-refractivity contribution in [3.63, 3.8) is 0 Å². The van der Waals surface area contributed by atoms with Crippen molar-refractivity contribution >= 4 is 0 Å². The molecule has 0 aliphatic heterocycles. The average molecular weight is 286 g/mol. The van der Waals surface area contributed by atoms with Gasteiger partial charge < -0.3 is 5.32 Å². The van der Waals surface area contributed by atoms with E-state index in [1.807, 2.05) is 18.5 Å². The number of pyridine rings is 1. The van der Waals surface area contributed by atoms with Gasteiger partial charge in [0, 0.05) is 18.9 Å². The van der Waals surface area contributed by atoms with Crippen LogP contribution < -0.4 is 5.32 Å². The Balaban J connectivity index is 2.40. The molecule has 0 aliphatic rings. The van der Waals surface area contributed by atoms with Gasteiger partial charge in [0.2, 0.25) is 0 Å². The molecule has 4 nitrogen and oxygen atoms in total. The van der Waals surface area contributed by atoms with Crippen molar-refractivity contribution in [1.82, 2.24) is 20.1 Å². The standard InChI is InChI=1S/C17H26N4/c1-4-10-18-17(15-9-12-20-21(15)13-5-2)16-14(6-3)8-7-11-19-16/h7-9,11-12,17-18H,4-6,10,13H2,1-3H3. The van der Waals surface area contributed by atoms with Gasteiger partial charge in [0.15, 0.2) is 0 Å². The highest BCUT2D eigenvalue weighted by molar-refractivity contribution is 5.29. The van der Waals surface area contributed by atoms with Gasteiger partial charge in [-0.3, -0.25) is 9.67 Å². The van der Waals surface area contributed by atoms with E-state index in [4.69, 9.17) is 0 Å². The molecule has 2 aromatic heterocycles. The molecule has 0 saturated heterocycles. The Kier molecular flexibility index (Phi) is 5.93. The first-order chi connectivity index (χ1) is 10.3. The van der Waals surface area contributed by atoms with Crippen molar-refractivity contribution < 1.29 is 0 Å². The van der Waals surface area contributed by atoms with Crippen LogP contribution in [0.15, 0.2) is 30.6 Å². The molecule has 0 fully saturated rings. The van der Waals surface area contributed by atoms with Crippen LogP contribution in [0.25, 0.3) is 0 Å². The summed E-state index contributed by atoms with van der Waals surface area (Å²) in [4.78, 5) is 4.66. The minimum absolute atomic E-state index is 0.121. The van der Waals surface area contributed by atoms with Crippen molar-refractivity contribution in [1.29, 1.82) is 0 Å². The molecule has 21 heavy (non-hydrogen) atoms. The fourth-order valence-corrected chi connectivity index (χ4v) is 2.63. The molecule has 4 heteroatoms. The van der Waals surface area contributed by atoms with Crippen molar-refractivity contribution in [2.75, 3.05) is 6.54 Å². The Morgan fingerprint density at radius 1 is 1.14 bits per heavy atom. The Morgan fingerprint density at radius 2 is 2.00 bits per heavy atom. The molecule has 2 aromatic rings. The van der Waals surface area contributed by atoms with E-state index >= 15 is 0 Å². The van der Waals surface area contributed by atoms with Crippen LogP contribution in [0, 0.1) is 0 Å². The smallest absolute Gasteiger partial charge is 0.0924 e. The van der Waals surface area contributed by atoms with E-state index in [-0.39, 0.29) is 6.04 Å². The van der Waals surface area contributed by atoms with Gasteiger partial charge in [-0.25, -0.2) is 0 Å². The highest BCUT2D eigenvalue weighted by Crippen LogP contribution is 2.24. The van der Waals surface area contributed by atoms with Gasteiger partial charge in [0.1, 0.15) is 0 Å². The van der Waals surface area contributed by atoms with Crippen LogP contribution in [0.3, 0.4) is 0 Å². The summed E-state index contributed by atoms with van der Waals surface area (Å²) in [5, 5.41) is 8.10. The van der Waals surface area contributed by atoms with Gasteiger partial charge >= 0.3 is 0 Å². The van der Waals surface area contributed by atoms with Gasteiger partial charge in [0.25, 0.3) is 0 Å². The zero-order valence-corrected chi connectivity index (χ0v) is 13.3. The second-order valence-electron chi connectivity index (χ2n) is 5.27. The first-order valence-electron chi connectivity index (χ1n) is 8.00. The molecule has 2 rings (SSSR count). The van der Waals surface area contributed by atoms with E-state index in [1.54, 1.807) is 0 Å². The summed E-state index contributed by atoms with van der Waals surface area (Å²) >= 11 is 0. The third-order valence-corrected chi connectivity index (χ3v) is 3.66. The monoisotopic (exact) mass is 286 g/mol. The summed E-state index contributed by atoms with van der Waals surface area (Å²) in [5.74, 6) is 0. The maximum atomic E-state index is 4.66. The van der Waals surface area contributed by atoms with Gasteiger partial charge in [0.05, 0.1) is 17.4 Å². The first-order valence-corrected chi connectivity index (χ1v) is 8.00. The summed E-state index contributed by atoms with van der Waals surface area (Å²) in [6.07, 6.45) is 6.95. The number of aryl methyl sites for hydroxylation is 2. The molecule has 0 radical (unpaired) electrons. The molecule has 0 spiro atoms. The molecule has 114 valence electrons. The summed E-state index contributed by atoms with van der Waals surface area (Å²) < 4.78 is 2.10. The zero-order valence-electron chi connectivity index (χ0n) is 13.3. The highest BCUT2D eigenvalue weighted by Gasteiger charge is 2.21. The number of aromatic nitrogens is 3. The van der Waals surface area contributed by atoms with Crippen LogP contribution in [0.4, 0.5) is 0 Å². The number of hydrogen-bond donors (Lipinski definition) is 1. The largest absolute Gasteiger partial charge is 0.304 e. The molecule has 1 N–H and O–H groups in total. The fraction of sp³-hybridized carbons (Fsp3) is 0.529. The van der Waals surface area contributed by atoms with E-state index in [0.717, 1.165) is 38.0 Å². The third-order valence-electron chi connectivity index (χ3n) is 3.66. The van der Waals surface area contributed by atoms with Crippen molar-refractivity contribution in [3.05, 3.63) is 47.5 Å². The minimum Gasteiger partial charge on any atom is -0.304 e. The second-order valence-corrected chi connectivity index (χ2v) is 5.27. The van der Waals surface area contributed by atoms with E-state index in [0.29, 0.717) is 0 Å². The number of hydrogen-bond acceptors (Lipinski definition) is 3. The SMILES string of the molecule is CCCNC(c1ncccc1CC)c1ccnn1CCC. The fourth-order valence-electron chi connectivity index (χ4n) is 2.63. The highest BCUT2D eigenvalue weighted by atomic mass is 15.3. The normalized spacial score (nSPS) is 12.5. The molecule has 0 saturated carbocycles. The Labute approximate surface area is 127 Å². The Hall–Kier alpha value is -1.68. The van der Waals surface area contributed by atoms with Crippen LogP contribution in [0.5, 0.6) is 0 Å². The summed E-state index contributed by atoms with van der Waals surface area (Å²) in [6.45, 7) is 8.47. The van der Waals surface area contributed by atoms with Gasteiger partial charge in [-0.15, -0.1) is 0 Å². The van der Waals surface area contributed by atoms with Gasteiger partial charge in [-0.2, -0.15) is 5.10 Å². The molecule has 1 atom stereocenters. The lowest BCUT2D eigenvalue weighted by Gasteiger charge is -2.21. The first kappa shape index (κ1) is 15.7. The second kappa shape index (κ2) is 7.93. The zero-order chi connectivity index (χ0) is 15.1. The number of nitrogens with one attached hydrogen (secondary N) is 1. The molecular formula is C17H26N4. The number of nitrogens with zero attached hydrogens (tertiary/aromatic N) is 3. The lowest BCUT2D eigenvalue weighted by molar-refractivity contribution is 0.503. The van der Waals surface area contributed by atoms with E-state index in [9.17, 15) is 0 Å². The van der Waals surface area contributed by atoms with E-state index in [1.165, 1.54) is 11.3 Å². The van der Waals surface area contributed by atoms with Gasteiger partial charge in [-0.05, 0) is 43.5 Å². The maximum absolute atomic E-state index is 4.66. The Bertz CT molecular complexity index is 547. The molecular weight excluding hydrogens is 260 g/mol. The molecule has 2 heterocycles. The molecule has 0 aromatic carbocycles. The van der Waals surface area contributed by atoms with E-state index in [2.05, 4.69) is 53.0 Å². The molecule has 0 bridgehead atoms. The molecule has 0 aliphatic carbocycles. The number of rotatable bonds is 8. The molecule has 0 amide bonds. The van der Waals surface area contributed by atoms with Crippen LogP contribution in [0.1, 0.15) is 56.6 Å². The van der Waals surface area contributed by atoms with Crippen LogP contribution in [-0.2, 0) is 13.0 Å². The maximum Gasteiger partial charge on any atom is 0.0924 e. The Morgan fingerprint density at radius 3 is 2.71 bits per heavy atom. The summed E-state index contributed by atoms with van der Waals surface area (Å²) in [5.41, 5.74) is 3.64. The lowest BCUT2D eigenvalue weighted by Crippen LogP contribution is -2.27. The van der Waals surface area contributed by atoms with Crippen molar-refractivity contribution in [2.24, 2.45) is 0 Å². The van der Waals surface area contributed by atoms with Crippen LogP contribution in [-0.4, -0.2) is 21.3 Å². The predicted octanol–water partition coefficient (Wildman–Crippen LogP) is 3.34. The molecule has 1 unspecified atom stereocenters. The third kappa shape index (κ3) is 3.70. The topological polar surface area (TPSA) is 42.7 Å². The summed E-state index contributed by atoms with van der Waals surface area (Å²) in [7, 11) is 0. The van der Waals surface area contributed by atoms with Crippen molar-refractivity contribution in [2.45, 2.75) is 52.6 Å². The lowest BCUT2D eigenvalue weighted by atomic mass is 10.0. The minimum atomic E-state index is 0.121. The quantitative estimate of drug-likeness (QED) is 0.809. The van der Waals surface area contributed by atoms with Crippen LogP contribution >= 0.6 is 0 Å². The van der Waals surface area contributed by atoms with Crippen molar-refractivity contribution in [3.8, 4) is 0 Å². The van der Waals surface area contributed by atoms with Gasteiger partial charge in [-0.1, -0.05) is 26.8 Å². The summed E-state index contributed by atoms with van der Waals surface area (Å²) in [6, 6.07) is 6.42. The predicted molar refractivity (Wildman–Crippen MR) is 86.3 cm³/mol. The van der Waals surface area contributed by atoms with E-state index < -0.39 is 0 Å².